The first-order valence-corrected chi connectivity index (χ1v) is 8.09. The van der Waals surface area contributed by atoms with Gasteiger partial charge in [-0.25, -0.2) is 9.18 Å². The van der Waals surface area contributed by atoms with Gasteiger partial charge in [0.1, 0.15) is 5.82 Å². The van der Waals surface area contributed by atoms with Crippen molar-refractivity contribution in [3.8, 4) is 0 Å². The summed E-state index contributed by atoms with van der Waals surface area (Å²) < 4.78 is 12.8. The zero-order valence-electron chi connectivity index (χ0n) is 13.0. The van der Waals surface area contributed by atoms with E-state index in [1.165, 1.54) is 17.7 Å². The molecule has 1 aliphatic carbocycles. The van der Waals surface area contributed by atoms with Crippen LogP contribution in [0.1, 0.15) is 37.2 Å². The van der Waals surface area contributed by atoms with Gasteiger partial charge in [-0.1, -0.05) is 30.3 Å². The number of benzene rings is 2. The second kappa shape index (κ2) is 7.27. The van der Waals surface area contributed by atoms with Gasteiger partial charge in [-0.2, -0.15) is 0 Å². The molecule has 2 N–H and O–H groups in total. The van der Waals surface area contributed by atoms with Crippen LogP contribution in [0.15, 0.2) is 54.6 Å². The molecular weight excluding hydrogens is 291 g/mol. The fraction of sp³-hybridized carbons (Fsp3) is 0.316. The molecule has 0 saturated heterocycles. The largest absolute Gasteiger partial charge is 0.335 e. The molecule has 0 aromatic heterocycles. The maximum Gasteiger partial charge on any atom is 0.319 e. The lowest BCUT2D eigenvalue weighted by atomic mass is 9.82. The summed E-state index contributed by atoms with van der Waals surface area (Å²) in [5.41, 5.74) is 1.99. The number of amides is 2. The van der Waals surface area contributed by atoms with Crippen LogP contribution in [-0.4, -0.2) is 12.1 Å². The second-order valence-corrected chi connectivity index (χ2v) is 6.06. The molecule has 0 unspecified atom stereocenters. The van der Waals surface area contributed by atoms with Gasteiger partial charge in [0.15, 0.2) is 0 Å². The van der Waals surface area contributed by atoms with E-state index in [-0.39, 0.29) is 17.9 Å². The Morgan fingerprint density at radius 3 is 2.22 bits per heavy atom. The van der Waals surface area contributed by atoms with Gasteiger partial charge in [0.25, 0.3) is 0 Å². The first kappa shape index (κ1) is 15.5. The van der Waals surface area contributed by atoms with Gasteiger partial charge in [0, 0.05) is 11.7 Å². The predicted octanol–water partition coefficient (Wildman–Crippen LogP) is 4.67. The normalized spacial score (nSPS) is 20.7. The van der Waals surface area contributed by atoms with E-state index in [4.69, 9.17) is 0 Å². The molecule has 1 aliphatic rings. The van der Waals surface area contributed by atoms with E-state index in [0.717, 1.165) is 25.7 Å². The van der Waals surface area contributed by atoms with Crippen LogP contribution in [0.3, 0.4) is 0 Å². The molecule has 1 saturated carbocycles. The average molecular weight is 312 g/mol. The highest BCUT2D eigenvalue weighted by Crippen LogP contribution is 2.32. The Bertz CT molecular complexity index is 634. The summed E-state index contributed by atoms with van der Waals surface area (Å²) in [6.45, 7) is 0. The Balaban J connectivity index is 1.47. The van der Waals surface area contributed by atoms with Gasteiger partial charge in [0.05, 0.1) is 0 Å². The van der Waals surface area contributed by atoms with Crippen LogP contribution < -0.4 is 10.6 Å². The standard InChI is InChI=1S/C19H21FN2O/c20-16-8-12-18(13-9-16)22-19(23)21-17-10-6-15(7-11-17)14-4-2-1-3-5-14/h1-5,8-9,12-13,15,17H,6-7,10-11H2,(H2,21,22,23). The smallest absolute Gasteiger partial charge is 0.319 e. The summed E-state index contributed by atoms with van der Waals surface area (Å²) in [5.74, 6) is 0.282. The zero-order valence-corrected chi connectivity index (χ0v) is 13.0. The average Bonchev–Trinajstić information content (AvgIpc) is 2.58. The summed E-state index contributed by atoms with van der Waals surface area (Å²) in [5, 5.41) is 5.75. The Labute approximate surface area is 135 Å². The van der Waals surface area contributed by atoms with E-state index in [0.29, 0.717) is 11.6 Å². The van der Waals surface area contributed by atoms with Crippen LogP contribution in [0.4, 0.5) is 14.9 Å². The van der Waals surface area contributed by atoms with E-state index in [9.17, 15) is 9.18 Å². The Kier molecular flexibility index (Phi) is 4.91. The number of carbonyl (C=O) groups is 1. The third kappa shape index (κ3) is 4.31. The first-order chi connectivity index (χ1) is 11.2. The van der Waals surface area contributed by atoms with Gasteiger partial charge in [0.2, 0.25) is 0 Å². The van der Waals surface area contributed by atoms with Crippen molar-refractivity contribution in [1.29, 1.82) is 0 Å². The van der Waals surface area contributed by atoms with E-state index < -0.39 is 0 Å². The van der Waals surface area contributed by atoms with Crippen LogP contribution in [0.2, 0.25) is 0 Å². The van der Waals surface area contributed by atoms with Crippen molar-refractivity contribution < 1.29 is 9.18 Å². The van der Waals surface area contributed by atoms with Gasteiger partial charge in [-0.05, 0) is 61.4 Å². The lowest BCUT2D eigenvalue weighted by Crippen LogP contribution is -2.39. The number of rotatable bonds is 3. The van der Waals surface area contributed by atoms with Crippen molar-refractivity contribution in [2.45, 2.75) is 37.6 Å². The second-order valence-electron chi connectivity index (χ2n) is 6.06. The van der Waals surface area contributed by atoms with Crippen LogP contribution >= 0.6 is 0 Å². The molecule has 0 spiro atoms. The highest BCUT2D eigenvalue weighted by molar-refractivity contribution is 5.89. The van der Waals surface area contributed by atoms with E-state index in [1.807, 2.05) is 6.07 Å². The topological polar surface area (TPSA) is 41.1 Å². The minimum absolute atomic E-state index is 0.204. The maximum atomic E-state index is 12.8. The van der Waals surface area contributed by atoms with Crippen LogP contribution in [0.25, 0.3) is 0 Å². The number of carbonyl (C=O) groups excluding carboxylic acids is 1. The van der Waals surface area contributed by atoms with Crippen LogP contribution in [-0.2, 0) is 0 Å². The third-order valence-corrected chi connectivity index (χ3v) is 4.44. The van der Waals surface area contributed by atoms with Gasteiger partial charge < -0.3 is 10.6 Å². The van der Waals surface area contributed by atoms with Gasteiger partial charge >= 0.3 is 6.03 Å². The lowest BCUT2D eigenvalue weighted by Gasteiger charge is -2.29. The van der Waals surface area contributed by atoms with Crippen molar-refractivity contribution in [2.24, 2.45) is 0 Å². The monoisotopic (exact) mass is 312 g/mol. The molecule has 0 atom stereocenters. The molecule has 3 nitrogen and oxygen atoms in total. The van der Waals surface area contributed by atoms with Crippen LogP contribution in [0.5, 0.6) is 0 Å². The Morgan fingerprint density at radius 1 is 0.913 bits per heavy atom. The van der Waals surface area contributed by atoms with Gasteiger partial charge in [-0.15, -0.1) is 0 Å². The number of nitrogens with one attached hydrogen (secondary N) is 2. The molecule has 120 valence electrons. The minimum atomic E-state index is -0.310. The minimum Gasteiger partial charge on any atom is -0.335 e. The fourth-order valence-corrected chi connectivity index (χ4v) is 3.18. The number of anilines is 1. The summed E-state index contributed by atoms with van der Waals surface area (Å²) in [6.07, 6.45) is 4.14. The predicted molar refractivity (Wildman–Crippen MR) is 90.0 cm³/mol. The van der Waals surface area contributed by atoms with Crippen molar-refractivity contribution >= 4 is 11.7 Å². The molecule has 0 aliphatic heterocycles. The zero-order chi connectivity index (χ0) is 16.1. The summed E-state index contributed by atoms with van der Waals surface area (Å²) in [7, 11) is 0. The van der Waals surface area contributed by atoms with Crippen molar-refractivity contribution in [3.63, 3.8) is 0 Å². The molecule has 2 amide bonds. The molecule has 1 fully saturated rings. The Hall–Kier alpha value is -2.36. The summed E-state index contributed by atoms with van der Waals surface area (Å²) in [4.78, 5) is 12.0. The third-order valence-electron chi connectivity index (χ3n) is 4.44. The van der Waals surface area contributed by atoms with Crippen molar-refractivity contribution in [1.82, 2.24) is 5.32 Å². The molecule has 3 rings (SSSR count). The number of hydrogen-bond donors (Lipinski definition) is 2. The molecule has 0 radical (unpaired) electrons. The maximum absolute atomic E-state index is 12.8. The number of halogens is 1. The van der Waals surface area contributed by atoms with E-state index >= 15 is 0 Å². The highest BCUT2D eigenvalue weighted by atomic mass is 19.1. The number of urea groups is 1. The summed E-state index contributed by atoms with van der Waals surface area (Å²) in [6, 6.07) is 16.3. The van der Waals surface area contributed by atoms with E-state index in [1.54, 1.807) is 12.1 Å². The van der Waals surface area contributed by atoms with Crippen LogP contribution in [0, 0.1) is 5.82 Å². The first-order valence-electron chi connectivity index (χ1n) is 8.09. The molecule has 23 heavy (non-hydrogen) atoms. The SMILES string of the molecule is O=C(Nc1ccc(F)cc1)NC1CCC(c2ccccc2)CC1. The molecule has 2 aromatic rings. The quantitative estimate of drug-likeness (QED) is 0.849. The lowest BCUT2D eigenvalue weighted by molar-refractivity contribution is 0.242. The van der Waals surface area contributed by atoms with Gasteiger partial charge in [-0.3, -0.25) is 0 Å². The number of hydrogen-bond acceptors (Lipinski definition) is 1. The van der Waals surface area contributed by atoms with Crippen molar-refractivity contribution in [2.75, 3.05) is 5.32 Å². The molecule has 0 bridgehead atoms. The molecule has 0 heterocycles. The molecule has 2 aromatic carbocycles. The Morgan fingerprint density at radius 2 is 1.57 bits per heavy atom. The van der Waals surface area contributed by atoms with Crippen molar-refractivity contribution in [3.05, 3.63) is 66.0 Å². The molecular formula is C19H21FN2O. The highest BCUT2D eigenvalue weighted by Gasteiger charge is 2.23. The van der Waals surface area contributed by atoms with E-state index in [2.05, 4.69) is 34.9 Å². The molecule has 4 heteroatoms. The fourth-order valence-electron chi connectivity index (χ4n) is 3.18. The summed E-state index contributed by atoms with van der Waals surface area (Å²) >= 11 is 0.